The Bertz CT molecular complexity index is 395. The van der Waals surface area contributed by atoms with Gasteiger partial charge in [0.15, 0.2) is 0 Å². The summed E-state index contributed by atoms with van der Waals surface area (Å²) in [4.78, 5) is 0. The van der Waals surface area contributed by atoms with Crippen LogP contribution in [-0.2, 0) is 0 Å². The predicted octanol–water partition coefficient (Wildman–Crippen LogP) is 6.57. The van der Waals surface area contributed by atoms with Gasteiger partial charge < -0.3 is 0 Å². The van der Waals surface area contributed by atoms with E-state index in [1.807, 2.05) is 0 Å². The maximum Gasteiger partial charge on any atom is 0.215 e. The van der Waals surface area contributed by atoms with E-state index in [4.69, 9.17) is 0 Å². The van der Waals surface area contributed by atoms with Crippen LogP contribution in [0.15, 0.2) is 33.5 Å². The summed E-state index contributed by atoms with van der Waals surface area (Å²) in [7, 11) is -4.02. The fourth-order valence-electron chi connectivity index (χ4n) is 3.60. The lowest BCUT2D eigenvalue weighted by molar-refractivity contribution is 1.57. The Hall–Kier alpha value is -0.0644. The standard InChI is InChI=1S/C18H39BSi3/c1-13-16(20(4,5)6)19(17(14-2)21(7,8)9)18(15-3)22(10,11)12/h13-15H,1-12H3. The second-order valence-corrected chi connectivity index (χ2v) is 24.6. The first-order chi connectivity index (χ1) is 9.71. The first kappa shape index (κ1) is 21.9. The molecule has 0 amide bonds. The average molecular weight is 351 g/mol. The molecule has 22 heavy (non-hydrogen) atoms. The summed E-state index contributed by atoms with van der Waals surface area (Å²) in [5.74, 6) is 0. The van der Waals surface area contributed by atoms with E-state index in [1.165, 1.54) is 0 Å². The maximum atomic E-state index is 2.50. The van der Waals surface area contributed by atoms with Crippen molar-refractivity contribution >= 4 is 30.9 Å². The van der Waals surface area contributed by atoms with Gasteiger partial charge in [-0.25, -0.2) is 0 Å². The highest BCUT2D eigenvalue weighted by Gasteiger charge is 2.41. The summed E-state index contributed by atoms with van der Waals surface area (Å²) in [6, 6.07) is 0. The maximum absolute atomic E-state index is 2.50. The molecule has 0 bridgehead atoms. The molecule has 0 aromatic rings. The average Bonchev–Trinajstić information content (AvgIpc) is 2.25. The summed E-state index contributed by atoms with van der Waals surface area (Å²) in [6.07, 6.45) is 7.35. The Labute approximate surface area is 144 Å². The molecule has 0 saturated heterocycles. The molecule has 0 radical (unpaired) electrons. The van der Waals surface area contributed by atoms with E-state index in [-0.39, 0.29) is 0 Å². The molecule has 4 heteroatoms. The van der Waals surface area contributed by atoms with Crippen molar-refractivity contribution in [2.75, 3.05) is 0 Å². The first-order valence-corrected chi connectivity index (χ1v) is 19.2. The molecule has 0 rings (SSSR count). The molecule has 0 nitrogen and oxygen atoms in total. The lowest BCUT2D eigenvalue weighted by atomic mass is 9.48. The van der Waals surface area contributed by atoms with E-state index in [0.717, 1.165) is 0 Å². The van der Waals surface area contributed by atoms with E-state index < -0.39 is 24.2 Å². The van der Waals surface area contributed by atoms with Crippen LogP contribution in [0.25, 0.3) is 0 Å². The lowest BCUT2D eigenvalue weighted by Crippen LogP contribution is -2.49. The second kappa shape index (κ2) is 7.67. The van der Waals surface area contributed by atoms with Gasteiger partial charge in [0.1, 0.15) is 0 Å². The Kier molecular flexibility index (Phi) is 7.65. The molecule has 0 spiro atoms. The van der Waals surface area contributed by atoms with Crippen LogP contribution in [0.3, 0.4) is 0 Å². The van der Waals surface area contributed by atoms with Crippen LogP contribution in [-0.4, -0.2) is 30.9 Å². The fraction of sp³-hybridized carbons (Fsp3) is 0.667. The summed E-state index contributed by atoms with van der Waals surface area (Å²) >= 11 is 0. The minimum Gasteiger partial charge on any atom is -0.106 e. The van der Waals surface area contributed by atoms with Gasteiger partial charge >= 0.3 is 0 Å². The van der Waals surface area contributed by atoms with Gasteiger partial charge in [-0.1, -0.05) is 58.9 Å². The largest absolute Gasteiger partial charge is 0.215 e. The van der Waals surface area contributed by atoms with Crippen molar-refractivity contribution in [3.63, 3.8) is 0 Å². The molecule has 0 aliphatic heterocycles. The Morgan fingerprint density at radius 1 is 0.500 bits per heavy atom. The molecule has 0 aliphatic carbocycles. The number of hydrogen-bond donors (Lipinski definition) is 0. The molecule has 0 heterocycles. The van der Waals surface area contributed by atoms with E-state index >= 15 is 0 Å². The molecule has 0 fully saturated rings. The van der Waals surface area contributed by atoms with Gasteiger partial charge in [0, 0.05) is 0 Å². The number of hydrogen-bond acceptors (Lipinski definition) is 0. The van der Waals surface area contributed by atoms with E-state index in [9.17, 15) is 0 Å². The van der Waals surface area contributed by atoms with Crippen LogP contribution in [0.2, 0.25) is 58.9 Å². The van der Waals surface area contributed by atoms with Crippen LogP contribution in [0.4, 0.5) is 0 Å². The van der Waals surface area contributed by atoms with Gasteiger partial charge in [0.25, 0.3) is 0 Å². The van der Waals surface area contributed by atoms with Crippen LogP contribution < -0.4 is 0 Å². The van der Waals surface area contributed by atoms with Crippen LogP contribution in [0, 0.1) is 0 Å². The molecule has 0 atom stereocenters. The SMILES string of the molecule is CC=C(B(C(=CC)[Si](C)(C)C)C(=CC)[Si](C)(C)C)[Si](C)(C)C. The molecule has 0 saturated carbocycles. The van der Waals surface area contributed by atoms with Crippen molar-refractivity contribution in [1.29, 1.82) is 0 Å². The zero-order valence-electron chi connectivity index (χ0n) is 17.3. The van der Waals surface area contributed by atoms with E-state index in [2.05, 4.69) is 97.9 Å². The van der Waals surface area contributed by atoms with Gasteiger partial charge in [-0.3, -0.25) is 0 Å². The van der Waals surface area contributed by atoms with E-state index in [1.54, 1.807) is 15.3 Å². The fourth-order valence-corrected chi connectivity index (χ4v) is 10.2. The number of rotatable bonds is 6. The molecule has 126 valence electrons. The molecule has 0 aromatic heterocycles. The minimum atomic E-state index is -1.34. The summed E-state index contributed by atoms with van der Waals surface area (Å²) < 4.78 is 0. The Morgan fingerprint density at radius 2 is 0.682 bits per heavy atom. The van der Waals surface area contributed by atoms with Crippen LogP contribution >= 0.6 is 0 Å². The zero-order valence-corrected chi connectivity index (χ0v) is 20.3. The molecule has 0 N–H and O–H groups in total. The highest BCUT2D eigenvalue weighted by Crippen LogP contribution is 2.34. The summed E-state index contributed by atoms with van der Waals surface area (Å²) in [6.45, 7) is 29.9. The lowest BCUT2D eigenvalue weighted by Gasteiger charge is -2.39. The molecule has 0 aliphatic rings. The monoisotopic (exact) mass is 350 g/mol. The van der Waals surface area contributed by atoms with Crippen molar-refractivity contribution < 1.29 is 0 Å². The van der Waals surface area contributed by atoms with Gasteiger partial charge in [-0.15, -0.1) is 33.5 Å². The van der Waals surface area contributed by atoms with Gasteiger partial charge in [-0.05, 0) is 20.8 Å². The Balaban J connectivity index is 6.49. The van der Waals surface area contributed by atoms with Gasteiger partial charge in [0.05, 0.1) is 24.2 Å². The molecular formula is C18H39BSi3. The van der Waals surface area contributed by atoms with Crippen molar-refractivity contribution in [3.8, 4) is 0 Å². The van der Waals surface area contributed by atoms with Crippen molar-refractivity contribution in [2.24, 2.45) is 0 Å². The van der Waals surface area contributed by atoms with Crippen LogP contribution in [0.1, 0.15) is 20.8 Å². The van der Waals surface area contributed by atoms with Crippen molar-refractivity contribution in [2.45, 2.75) is 79.7 Å². The smallest absolute Gasteiger partial charge is 0.106 e. The first-order valence-electron chi connectivity index (χ1n) is 8.71. The van der Waals surface area contributed by atoms with Crippen molar-refractivity contribution in [1.82, 2.24) is 0 Å². The van der Waals surface area contributed by atoms with E-state index in [0.29, 0.717) is 6.71 Å². The molecule has 0 aromatic carbocycles. The highest BCUT2D eigenvalue weighted by atomic mass is 28.3. The predicted molar refractivity (Wildman–Crippen MR) is 117 cm³/mol. The van der Waals surface area contributed by atoms with Crippen LogP contribution in [0.5, 0.6) is 0 Å². The molecular weight excluding hydrogens is 311 g/mol. The highest BCUT2D eigenvalue weighted by molar-refractivity contribution is 7.17. The third kappa shape index (κ3) is 5.54. The second-order valence-electron chi connectivity index (χ2n) is 9.42. The number of allylic oxidation sites excluding steroid dienone is 3. The van der Waals surface area contributed by atoms with Gasteiger partial charge in [-0.2, -0.15) is 0 Å². The van der Waals surface area contributed by atoms with Gasteiger partial charge in [0.2, 0.25) is 6.71 Å². The topological polar surface area (TPSA) is 0 Å². The molecule has 0 unspecified atom stereocenters. The van der Waals surface area contributed by atoms with Crippen molar-refractivity contribution in [3.05, 3.63) is 33.5 Å². The normalized spacial score (nSPS) is 16.1. The zero-order chi connectivity index (χ0) is 17.9. The third-order valence-electron chi connectivity index (χ3n) is 4.46. The minimum absolute atomic E-state index is 0.574. The quantitative estimate of drug-likeness (QED) is 0.475. The third-order valence-corrected chi connectivity index (χ3v) is 11.4. The summed E-state index contributed by atoms with van der Waals surface area (Å²) in [5.41, 5.74) is 0. The summed E-state index contributed by atoms with van der Waals surface area (Å²) in [5, 5.41) is 5.20. The Morgan fingerprint density at radius 3 is 0.773 bits per heavy atom.